The van der Waals surface area contributed by atoms with Gasteiger partial charge < -0.3 is 0 Å². The maximum Gasteiger partial charge on any atom is 0.345 e. The second-order valence-electron chi connectivity index (χ2n) is 3.48. The van der Waals surface area contributed by atoms with Crippen molar-refractivity contribution < 1.29 is 4.92 Å². The van der Waals surface area contributed by atoms with E-state index in [0.717, 1.165) is 35.6 Å². The van der Waals surface area contributed by atoms with Crippen LogP contribution in [0.1, 0.15) is 25.2 Å². The molecule has 2 aromatic rings. The summed E-state index contributed by atoms with van der Waals surface area (Å²) in [5.41, 5.74) is 1.99. The molecule has 0 bridgehead atoms. The molecule has 90 valence electrons. The number of aryl methyl sites for hydroxylation is 2. The quantitative estimate of drug-likeness (QED) is 0.618. The fraction of sp³-hybridized carbons (Fsp3) is 0.400. The first-order valence-corrected chi connectivity index (χ1v) is 6.15. The van der Waals surface area contributed by atoms with Crippen molar-refractivity contribution in [2.45, 2.75) is 26.7 Å². The highest BCUT2D eigenvalue weighted by atomic mass is 32.1. The Hall–Kier alpha value is -1.76. The normalized spacial score (nSPS) is 10.7. The van der Waals surface area contributed by atoms with Gasteiger partial charge in [-0.1, -0.05) is 13.8 Å². The van der Waals surface area contributed by atoms with E-state index in [1.54, 1.807) is 4.68 Å². The smallest absolute Gasteiger partial charge is 0.257 e. The third kappa shape index (κ3) is 2.19. The molecular weight excluding hydrogens is 240 g/mol. The lowest BCUT2D eigenvalue weighted by molar-refractivity contribution is -0.380. The minimum absolute atomic E-state index is 0.0376. The van der Waals surface area contributed by atoms with Gasteiger partial charge in [-0.3, -0.25) is 10.1 Å². The van der Waals surface area contributed by atoms with Gasteiger partial charge in [0.1, 0.15) is 6.20 Å². The monoisotopic (exact) mass is 252 g/mol. The van der Waals surface area contributed by atoms with Crippen LogP contribution in [-0.2, 0) is 12.8 Å². The zero-order valence-electron chi connectivity index (χ0n) is 9.58. The summed E-state index contributed by atoms with van der Waals surface area (Å²) in [6, 6.07) is 2.01. The minimum Gasteiger partial charge on any atom is -0.257 e. The molecule has 0 saturated heterocycles. The van der Waals surface area contributed by atoms with Crippen molar-refractivity contribution in [1.29, 1.82) is 0 Å². The minimum atomic E-state index is -0.434. The second-order valence-corrected chi connectivity index (χ2v) is 4.47. The Morgan fingerprint density at radius 2 is 2.24 bits per heavy atom. The number of hydrogen-bond donors (Lipinski definition) is 0. The molecule has 2 heterocycles. The van der Waals surface area contributed by atoms with Crippen LogP contribution in [0, 0.1) is 10.1 Å². The van der Waals surface area contributed by atoms with Crippen LogP contribution in [0.15, 0.2) is 12.3 Å². The van der Waals surface area contributed by atoms with Crippen molar-refractivity contribution in [1.82, 2.24) is 14.8 Å². The van der Waals surface area contributed by atoms with E-state index in [2.05, 4.69) is 10.1 Å². The molecular formula is C10H12N4O2S. The lowest BCUT2D eigenvalue weighted by atomic mass is 10.3. The maximum absolute atomic E-state index is 10.6. The summed E-state index contributed by atoms with van der Waals surface area (Å²) in [5, 5.41) is 15.6. The highest BCUT2D eigenvalue weighted by Crippen LogP contribution is 2.25. The third-order valence-corrected chi connectivity index (χ3v) is 3.33. The average Bonchev–Trinajstić information content (AvgIpc) is 2.94. The van der Waals surface area contributed by atoms with E-state index in [1.165, 1.54) is 6.20 Å². The summed E-state index contributed by atoms with van der Waals surface area (Å²) in [7, 11) is 0. The number of nitro groups is 1. The van der Waals surface area contributed by atoms with Crippen LogP contribution in [-0.4, -0.2) is 19.7 Å². The summed E-state index contributed by atoms with van der Waals surface area (Å²) in [6.45, 7) is 4.05. The largest absolute Gasteiger partial charge is 0.345 e. The van der Waals surface area contributed by atoms with Crippen LogP contribution < -0.4 is 0 Å². The molecule has 0 radical (unpaired) electrons. The third-order valence-electron chi connectivity index (χ3n) is 2.40. The summed E-state index contributed by atoms with van der Waals surface area (Å²) < 4.78 is 1.69. The molecule has 0 aliphatic heterocycles. The van der Waals surface area contributed by atoms with Crippen LogP contribution >= 0.6 is 11.3 Å². The van der Waals surface area contributed by atoms with Gasteiger partial charge in [-0.15, -0.1) is 0 Å². The molecule has 0 unspecified atom stereocenters. The van der Waals surface area contributed by atoms with E-state index in [4.69, 9.17) is 0 Å². The number of hydrogen-bond acceptors (Lipinski definition) is 5. The fourth-order valence-corrected chi connectivity index (χ4v) is 2.22. The lowest BCUT2D eigenvalue weighted by Crippen LogP contribution is -2.00. The Labute approximate surface area is 102 Å². The van der Waals surface area contributed by atoms with Crippen LogP contribution in [0.5, 0.6) is 0 Å². The van der Waals surface area contributed by atoms with Gasteiger partial charge in [0.05, 0.1) is 10.6 Å². The summed E-state index contributed by atoms with van der Waals surface area (Å²) in [6.07, 6.45) is 2.93. The van der Waals surface area contributed by atoms with Gasteiger partial charge in [0.2, 0.25) is 5.13 Å². The first-order chi connectivity index (χ1) is 8.15. The van der Waals surface area contributed by atoms with Gasteiger partial charge >= 0.3 is 5.00 Å². The van der Waals surface area contributed by atoms with Crippen molar-refractivity contribution in [3.8, 4) is 5.13 Å². The highest BCUT2D eigenvalue weighted by molar-refractivity contribution is 7.17. The van der Waals surface area contributed by atoms with Gasteiger partial charge in [-0.2, -0.15) is 5.10 Å². The van der Waals surface area contributed by atoms with Gasteiger partial charge in [-0.05, 0) is 30.2 Å². The average molecular weight is 252 g/mol. The first-order valence-electron chi connectivity index (χ1n) is 5.34. The number of rotatable bonds is 4. The van der Waals surface area contributed by atoms with Gasteiger partial charge in [0.25, 0.3) is 0 Å². The number of thiazole rings is 1. The zero-order valence-corrected chi connectivity index (χ0v) is 10.4. The summed E-state index contributed by atoms with van der Waals surface area (Å²) >= 11 is 1.04. The SMILES string of the molecule is CCc1cc(CC)n(-c2ncc([N+](=O)[O-])s2)n1. The molecule has 0 aliphatic carbocycles. The second kappa shape index (κ2) is 4.62. The van der Waals surface area contributed by atoms with E-state index >= 15 is 0 Å². The number of nitrogens with zero attached hydrogens (tertiary/aromatic N) is 4. The maximum atomic E-state index is 10.6. The van der Waals surface area contributed by atoms with Crippen LogP contribution in [0.4, 0.5) is 5.00 Å². The Morgan fingerprint density at radius 1 is 1.47 bits per heavy atom. The van der Waals surface area contributed by atoms with Crippen LogP contribution in [0.2, 0.25) is 0 Å². The van der Waals surface area contributed by atoms with Crippen molar-refractivity contribution in [2.24, 2.45) is 0 Å². The zero-order chi connectivity index (χ0) is 12.4. The topological polar surface area (TPSA) is 73.8 Å². The molecule has 17 heavy (non-hydrogen) atoms. The Morgan fingerprint density at radius 3 is 2.76 bits per heavy atom. The highest BCUT2D eigenvalue weighted by Gasteiger charge is 2.15. The molecule has 7 heteroatoms. The van der Waals surface area contributed by atoms with Gasteiger partial charge in [0.15, 0.2) is 0 Å². The molecule has 2 rings (SSSR count). The predicted octanol–water partition coefficient (Wildman–Crippen LogP) is 2.36. The van der Waals surface area contributed by atoms with E-state index in [0.29, 0.717) is 5.13 Å². The molecule has 0 aliphatic rings. The molecule has 0 fully saturated rings. The Balaban J connectivity index is 2.43. The number of aromatic nitrogens is 3. The molecule has 2 aromatic heterocycles. The fourth-order valence-electron chi connectivity index (χ4n) is 1.50. The molecule has 0 saturated carbocycles. The van der Waals surface area contributed by atoms with Crippen molar-refractivity contribution >= 4 is 16.3 Å². The van der Waals surface area contributed by atoms with E-state index in [9.17, 15) is 10.1 Å². The Bertz CT molecular complexity index is 546. The van der Waals surface area contributed by atoms with Crippen molar-refractivity contribution in [3.05, 3.63) is 33.8 Å². The Kier molecular flexibility index (Phi) is 3.19. The summed E-state index contributed by atoms with van der Waals surface area (Å²) in [5.74, 6) is 0. The van der Waals surface area contributed by atoms with E-state index in [1.807, 2.05) is 19.9 Å². The van der Waals surface area contributed by atoms with Crippen molar-refractivity contribution in [2.75, 3.05) is 0 Å². The van der Waals surface area contributed by atoms with Gasteiger partial charge in [0, 0.05) is 5.69 Å². The van der Waals surface area contributed by atoms with Crippen molar-refractivity contribution in [3.63, 3.8) is 0 Å². The molecule has 0 amide bonds. The summed E-state index contributed by atoms with van der Waals surface area (Å²) in [4.78, 5) is 14.2. The molecule has 0 N–H and O–H groups in total. The van der Waals surface area contributed by atoms with E-state index in [-0.39, 0.29) is 5.00 Å². The van der Waals surface area contributed by atoms with E-state index < -0.39 is 4.92 Å². The molecule has 0 spiro atoms. The first kappa shape index (κ1) is 11.7. The standard InChI is InChI=1S/C10H12N4O2S/c1-3-7-5-8(4-2)13(12-7)10-11-6-9(17-10)14(15)16/h5-6H,3-4H2,1-2H3. The van der Waals surface area contributed by atoms with Crippen LogP contribution in [0.25, 0.3) is 5.13 Å². The lowest BCUT2D eigenvalue weighted by Gasteiger charge is -1.98. The predicted molar refractivity (Wildman–Crippen MR) is 64.6 cm³/mol. The molecule has 0 atom stereocenters. The van der Waals surface area contributed by atoms with Crippen LogP contribution in [0.3, 0.4) is 0 Å². The molecule has 6 nitrogen and oxygen atoms in total. The van der Waals surface area contributed by atoms with Gasteiger partial charge in [-0.25, -0.2) is 9.67 Å². The molecule has 0 aromatic carbocycles.